The van der Waals surface area contributed by atoms with Crippen LogP contribution in [0.2, 0.25) is 0 Å². The van der Waals surface area contributed by atoms with Crippen molar-refractivity contribution in [3.05, 3.63) is 24.3 Å². The molecule has 0 saturated carbocycles. The van der Waals surface area contributed by atoms with Gasteiger partial charge in [0.25, 0.3) is 0 Å². The van der Waals surface area contributed by atoms with Gasteiger partial charge in [0, 0.05) is 5.69 Å². The molecule has 1 aliphatic heterocycles. The van der Waals surface area contributed by atoms with Crippen molar-refractivity contribution in [2.45, 2.75) is 38.6 Å². The number of aliphatic carboxylic acids is 1. The van der Waals surface area contributed by atoms with E-state index in [0.717, 1.165) is 43.0 Å². The molecule has 0 unspecified atom stereocenters. The van der Waals surface area contributed by atoms with Gasteiger partial charge in [-0.25, -0.2) is 0 Å². The molecule has 0 spiro atoms. The van der Waals surface area contributed by atoms with Crippen LogP contribution in [0.15, 0.2) is 24.3 Å². The third kappa shape index (κ3) is 5.25. The molecule has 1 aromatic rings. The van der Waals surface area contributed by atoms with Crippen molar-refractivity contribution in [2.24, 2.45) is 0 Å². The molecule has 0 bridgehead atoms. The first-order chi connectivity index (χ1) is 11.1. The Bertz CT molecular complexity index is 524. The lowest BCUT2D eigenvalue weighted by atomic mass is 10.1. The summed E-state index contributed by atoms with van der Waals surface area (Å²) in [6, 6.07) is 6.24. The van der Waals surface area contributed by atoms with Crippen molar-refractivity contribution < 1.29 is 24.3 Å². The Hall–Kier alpha value is -2.08. The number of anilines is 1. The minimum atomic E-state index is -1.15. The molecule has 0 radical (unpaired) electrons. The van der Waals surface area contributed by atoms with E-state index in [-0.39, 0.29) is 12.3 Å². The number of benzene rings is 1. The number of carboxylic acid groups (broad SMARTS) is 1. The van der Waals surface area contributed by atoms with E-state index in [4.69, 9.17) is 4.74 Å². The third-order valence-corrected chi connectivity index (χ3v) is 4.11. The van der Waals surface area contributed by atoms with Crippen LogP contribution in [0.4, 0.5) is 5.69 Å². The van der Waals surface area contributed by atoms with Crippen LogP contribution in [0.3, 0.4) is 0 Å². The topological polar surface area (TPSA) is 82.9 Å². The van der Waals surface area contributed by atoms with Gasteiger partial charge in [-0.2, -0.15) is 0 Å². The van der Waals surface area contributed by atoms with Gasteiger partial charge in [-0.3, -0.25) is 4.79 Å². The number of piperidine rings is 1. The van der Waals surface area contributed by atoms with E-state index in [9.17, 15) is 14.7 Å². The van der Waals surface area contributed by atoms with E-state index in [1.807, 2.05) is 6.92 Å². The summed E-state index contributed by atoms with van der Waals surface area (Å²) in [6.45, 7) is 4.06. The molecule has 2 rings (SSSR count). The van der Waals surface area contributed by atoms with E-state index in [2.05, 4.69) is 5.32 Å². The standard InChI is InChI=1S/C17H24N2O4/c1-2-23-14-8-6-13(7-9-14)18-16(20)12-15(17(21)22)19-10-4-3-5-11-19/h6-9,15H,2-5,10-12H2,1H3,(H,18,20)(H,21,22)/t15-/m0/s1. The zero-order valence-corrected chi connectivity index (χ0v) is 13.5. The van der Waals surface area contributed by atoms with Gasteiger partial charge in [0.1, 0.15) is 11.8 Å². The quantitative estimate of drug-likeness (QED) is 0.716. The van der Waals surface area contributed by atoms with Crippen LogP contribution in [0, 0.1) is 0 Å². The SMILES string of the molecule is CCOc1ccc(NC(=O)C[C@@H](C(=O)[O-])[NH+]2CCCCC2)cc1. The summed E-state index contributed by atoms with van der Waals surface area (Å²) in [5.41, 5.74) is 0.629. The van der Waals surface area contributed by atoms with Gasteiger partial charge in [-0.15, -0.1) is 0 Å². The molecule has 0 aliphatic carbocycles. The first kappa shape index (κ1) is 17.3. The Labute approximate surface area is 136 Å². The fourth-order valence-corrected chi connectivity index (χ4v) is 2.95. The van der Waals surface area contributed by atoms with Crippen LogP contribution in [-0.2, 0) is 9.59 Å². The van der Waals surface area contributed by atoms with Gasteiger partial charge in [0.2, 0.25) is 5.91 Å². The Morgan fingerprint density at radius 2 is 1.87 bits per heavy atom. The number of amides is 1. The molecule has 1 fully saturated rings. The highest BCUT2D eigenvalue weighted by Gasteiger charge is 2.27. The lowest BCUT2D eigenvalue weighted by Gasteiger charge is -2.31. The van der Waals surface area contributed by atoms with Crippen LogP contribution < -0.4 is 20.1 Å². The highest BCUT2D eigenvalue weighted by atomic mass is 16.5. The number of carboxylic acids is 1. The van der Waals surface area contributed by atoms with Gasteiger partial charge in [-0.05, 0) is 50.5 Å². The smallest absolute Gasteiger partial charge is 0.230 e. The summed E-state index contributed by atoms with van der Waals surface area (Å²) in [4.78, 5) is 24.5. The normalized spacial score (nSPS) is 16.6. The predicted molar refractivity (Wildman–Crippen MR) is 84.2 cm³/mol. The van der Waals surface area contributed by atoms with E-state index in [1.165, 1.54) is 0 Å². The number of hydrogen-bond acceptors (Lipinski definition) is 4. The second-order valence-corrected chi connectivity index (χ2v) is 5.80. The summed E-state index contributed by atoms with van der Waals surface area (Å²) in [7, 11) is 0. The Kier molecular flexibility index (Phi) is 6.40. The molecule has 1 aromatic carbocycles. The average Bonchev–Trinajstić information content (AvgIpc) is 2.55. The minimum absolute atomic E-state index is 0.0646. The maximum absolute atomic E-state index is 12.1. The van der Waals surface area contributed by atoms with Gasteiger partial charge in [-0.1, -0.05) is 0 Å². The summed E-state index contributed by atoms with van der Waals surface area (Å²) >= 11 is 0. The van der Waals surface area contributed by atoms with Crippen molar-refractivity contribution in [1.29, 1.82) is 0 Å². The average molecular weight is 320 g/mol. The number of nitrogens with one attached hydrogen (secondary N) is 2. The van der Waals surface area contributed by atoms with E-state index in [1.54, 1.807) is 24.3 Å². The van der Waals surface area contributed by atoms with Crippen LogP contribution in [0.25, 0.3) is 0 Å². The van der Waals surface area contributed by atoms with E-state index in [0.29, 0.717) is 12.3 Å². The number of carbonyl (C=O) groups excluding carboxylic acids is 2. The van der Waals surface area contributed by atoms with E-state index >= 15 is 0 Å². The van der Waals surface area contributed by atoms with Gasteiger partial charge < -0.3 is 24.9 Å². The van der Waals surface area contributed by atoms with Crippen LogP contribution >= 0.6 is 0 Å². The third-order valence-electron chi connectivity index (χ3n) is 4.11. The number of hydrogen-bond donors (Lipinski definition) is 2. The molecule has 0 aromatic heterocycles. The second kappa shape index (κ2) is 8.53. The lowest BCUT2D eigenvalue weighted by molar-refractivity contribution is -0.922. The van der Waals surface area contributed by atoms with Crippen molar-refractivity contribution in [3.8, 4) is 5.75 Å². The highest BCUT2D eigenvalue weighted by molar-refractivity contribution is 5.93. The van der Waals surface area contributed by atoms with Crippen LogP contribution in [0.5, 0.6) is 5.75 Å². The summed E-state index contributed by atoms with van der Waals surface area (Å²) in [6.07, 6.45) is 3.06. The molecule has 1 saturated heterocycles. The predicted octanol–water partition coefficient (Wildman–Crippen LogP) is -0.399. The Balaban J connectivity index is 1.91. The minimum Gasteiger partial charge on any atom is -0.544 e. The molecule has 2 N–H and O–H groups in total. The monoisotopic (exact) mass is 320 g/mol. The molecule has 6 nitrogen and oxygen atoms in total. The number of carbonyl (C=O) groups is 2. The molecular formula is C17H24N2O4. The molecule has 6 heteroatoms. The molecule has 1 atom stereocenters. The van der Waals surface area contributed by atoms with Gasteiger partial charge in [0.05, 0.1) is 32.1 Å². The van der Waals surface area contributed by atoms with E-state index < -0.39 is 12.0 Å². The summed E-state index contributed by atoms with van der Waals surface area (Å²) in [5.74, 6) is -0.721. The van der Waals surface area contributed by atoms with Crippen molar-refractivity contribution in [3.63, 3.8) is 0 Å². The Morgan fingerprint density at radius 1 is 1.22 bits per heavy atom. The molecule has 126 valence electrons. The first-order valence-electron chi connectivity index (χ1n) is 8.18. The molecule has 23 heavy (non-hydrogen) atoms. The lowest BCUT2D eigenvalue weighted by Crippen LogP contribution is -3.18. The maximum atomic E-state index is 12.1. The largest absolute Gasteiger partial charge is 0.544 e. The maximum Gasteiger partial charge on any atom is 0.230 e. The second-order valence-electron chi connectivity index (χ2n) is 5.80. The molecule has 1 aliphatic rings. The van der Waals surface area contributed by atoms with Crippen LogP contribution in [0.1, 0.15) is 32.6 Å². The zero-order valence-electron chi connectivity index (χ0n) is 13.5. The Morgan fingerprint density at radius 3 is 2.43 bits per heavy atom. The number of quaternary nitrogens is 1. The van der Waals surface area contributed by atoms with Crippen LogP contribution in [-0.4, -0.2) is 37.6 Å². The molecule has 1 amide bonds. The summed E-state index contributed by atoms with van der Waals surface area (Å²) in [5, 5.41) is 14.1. The highest BCUT2D eigenvalue weighted by Crippen LogP contribution is 2.15. The first-order valence-corrected chi connectivity index (χ1v) is 8.18. The van der Waals surface area contributed by atoms with Gasteiger partial charge in [0.15, 0.2) is 0 Å². The number of ether oxygens (including phenoxy) is 1. The number of rotatable bonds is 7. The van der Waals surface area contributed by atoms with Crippen molar-refractivity contribution in [2.75, 3.05) is 25.0 Å². The zero-order chi connectivity index (χ0) is 16.7. The van der Waals surface area contributed by atoms with Gasteiger partial charge >= 0.3 is 0 Å². The summed E-state index contributed by atoms with van der Waals surface area (Å²) < 4.78 is 5.34. The fourth-order valence-electron chi connectivity index (χ4n) is 2.95. The number of likely N-dealkylation sites (tertiary alicyclic amines) is 1. The fraction of sp³-hybridized carbons (Fsp3) is 0.529. The van der Waals surface area contributed by atoms with Crippen molar-refractivity contribution >= 4 is 17.6 Å². The van der Waals surface area contributed by atoms with Crippen molar-refractivity contribution in [1.82, 2.24) is 0 Å². The molecular weight excluding hydrogens is 296 g/mol. The molecule has 1 heterocycles.